The Morgan fingerprint density at radius 2 is 1.23 bits per heavy atom. The number of hydrogen-bond acceptors (Lipinski definition) is 0. The van der Waals surface area contributed by atoms with E-state index >= 15 is 0 Å². The van der Waals surface area contributed by atoms with Crippen LogP contribution in [0, 0.1) is 15.3 Å². The second-order valence-electron chi connectivity index (χ2n) is 8.66. The summed E-state index contributed by atoms with van der Waals surface area (Å²) in [4.78, 5) is 1.54. The van der Waals surface area contributed by atoms with E-state index in [0.717, 1.165) is 6.42 Å². The normalized spacial score (nSPS) is 13.7. The quantitative estimate of drug-likeness (QED) is 0.292. The Labute approximate surface area is 235 Å². The maximum absolute atomic E-state index is 2.44. The van der Waals surface area contributed by atoms with Crippen LogP contribution in [0.4, 0.5) is 0 Å². The molecule has 0 saturated heterocycles. The van der Waals surface area contributed by atoms with E-state index in [1.807, 2.05) is 0 Å². The molecule has 0 heterocycles. The maximum atomic E-state index is 2.44. The summed E-state index contributed by atoms with van der Waals surface area (Å²) in [5, 5.41) is 4.24. The van der Waals surface area contributed by atoms with Gasteiger partial charge < -0.3 is 24.8 Å². The van der Waals surface area contributed by atoms with Gasteiger partial charge in [-0.25, -0.2) is 0 Å². The molecule has 0 atom stereocenters. The van der Waals surface area contributed by atoms with Crippen LogP contribution in [0.15, 0.2) is 115 Å². The zero-order valence-corrected chi connectivity index (χ0v) is 24.2. The van der Waals surface area contributed by atoms with Crippen molar-refractivity contribution in [3.63, 3.8) is 0 Å². The van der Waals surface area contributed by atoms with Crippen molar-refractivity contribution in [1.82, 2.24) is 0 Å². The van der Waals surface area contributed by atoms with Gasteiger partial charge in [-0.3, -0.25) is 0 Å². The summed E-state index contributed by atoms with van der Waals surface area (Å²) in [7, 11) is 0.00425. The van der Waals surface area contributed by atoms with Crippen molar-refractivity contribution in [1.29, 1.82) is 0 Å². The van der Waals surface area contributed by atoms with Crippen molar-refractivity contribution in [3.8, 4) is 0 Å². The molecule has 6 rings (SSSR count). The number of allylic oxidation sites excluding steroid dienone is 4. The third-order valence-electron chi connectivity index (χ3n) is 6.73. The Bertz CT molecular complexity index is 1600. The second-order valence-corrected chi connectivity index (χ2v) is 11.5. The molecule has 0 fully saturated rings. The van der Waals surface area contributed by atoms with E-state index in [1.54, 1.807) is 0 Å². The van der Waals surface area contributed by atoms with E-state index in [0.29, 0.717) is 5.54 Å². The fourth-order valence-corrected chi connectivity index (χ4v) is 8.24. The van der Waals surface area contributed by atoms with Crippen molar-refractivity contribution < 1.29 is 49.5 Å². The number of rotatable bonds is 4. The zero-order valence-electron chi connectivity index (χ0n) is 19.1. The summed E-state index contributed by atoms with van der Waals surface area (Å²) in [6.45, 7) is 0. The van der Waals surface area contributed by atoms with Gasteiger partial charge >= 0.3 is 213 Å². The van der Waals surface area contributed by atoms with Crippen LogP contribution in [-0.4, -0.2) is 9.13 Å². The summed E-state index contributed by atoms with van der Waals surface area (Å²) < 4.78 is 1.51. The van der Waals surface area contributed by atoms with Gasteiger partial charge in [-0.2, -0.15) is 0 Å². The topological polar surface area (TPSA) is 0 Å². The Morgan fingerprint density at radius 3 is 1.83 bits per heavy atom. The molecule has 0 bridgehead atoms. The van der Waals surface area contributed by atoms with Crippen LogP contribution in [0.1, 0.15) is 34.2 Å². The van der Waals surface area contributed by atoms with Gasteiger partial charge in [0.15, 0.2) is 0 Å². The van der Waals surface area contributed by atoms with Crippen molar-refractivity contribution in [3.05, 3.63) is 158 Å². The summed E-state index contributed by atoms with van der Waals surface area (Å²) in [6.07, 6.45) is 7.89. The molecule has 0 radical (unpaired) electrons. The molecule has 0 nitrogen and oxygen atoms in total. The summed E-state index contributed by atoms with van der Waals surface area (Å²) in [6, 6.07) is 35.9. The van der Waals surface area contributed by atoms with Crippen molar-refractivity contribution in [2.75, 3.05) is 0 Å². The first-order chi connectivity index (χ1) is 16.3. The van der Waals surface area contributed by atoms with E-state index in [9.17, 15) is 0 Å². The monoisotopic (exact) mass is 583 g/mol. The Hall–Kier alpha value is -2.09. The van der Waals surface area contributed by atoms with Crippen molar-refractivity contribution >= 4 is 18.0 Å². The van der Waals surface area contributed by atoms with Gasteiger partial charge in [0, 0.05) is 0 Å². The fraction of sp³-hybridized carbons (Fsp3) is 0.0645. The summed E-state index contributed by atoms with van der Waals surface area (Å²) in [5.74, 6) is 0. The molecule has 0 N–H and O–H groups in total. The molecule has 4 heteroatoms. The number of fused-ring (bicyclic) bond motifs is 2. The molecule has 169 valence electrons. The summed E-state index contributed by atoms with van der Waals surface area (Å²) >= 11 is 1.49. The van der Waals surface area contributed by atoms with Crippen LogP contribution in [0.25, 0.3) is 8.85 Å². The average molecular weight is 586 g/mol. The molecule has 0 unspecified atom stereocenters. The fourth-order valence-electron chi connectivity index (χ4n) is 5.18. The molecule has 0 aromatic heterocycles. The number of hydrogen-bond donors (Lipinski definition) is 0. The standard InChI is InChI=1S/C31H23Si.2ClH.Zr/c1-3-13-23(14-4-1)31(24-15-5-2-6-16-24)32-29-20-19-27-26-18-10-9-17-25(26)21-28(27)30(29)22-11-7-8-12-22;;;/h1-11,13-20,31-32H,12H2;2*1H;/q;;;+2/p-2. The van der Waals surface area contributed by atoms with Gasteiger partial charge in [-0.1, -0.05) is 0 Å². The van der Waals surface area contributed by atoms with E-state index in [-0.39, 0.29) is 33.9 Å². The van der Waals surface area contributed by atoms with Crippen molar-refractivity contribution in [2.45, 2.75) is 12.0 Å². The molecule has 2 aliphatic carbocycles. The van der Waals surface area contributed by atoms with E-state index in [1.165, 1.54) is 76.3 Å². The van der Waals surface area contributed by atoms with Gasteiger partial charge in [0.25, 0.3) is 0 Å². The molecular formula is C31H23Cl2SiZr. The predicted molar refractivity (Wildman–Crippen MR) is 135 cm³/mol. The van der Waals surface area contributed by atoms with Gasteiger partial charge in [-0.05, 0) is 0 Å². The molecule has 4 aromatic carbocycles. The zero-order chi connectivity index (χ0) is 22.2. The van der Waals surface area contributed by atoms with Crippen LogP contribution in [0.5, 0.6) is 0 Å². The van der Waals surface area contributed by atoms with E-state index < -0.39 is 0 Å². The first kappa shape index (κ1) is 26.0. The number of benzene rings is 4. The minimum atomic E-state index is 0. The van der Waals surface area contributed by atoms with Gasteiger partial charge in [0.1, 0.15) is 0 Å². The van der Waals surface area contributed by atoms with Crippen LogP contribution < -0.4 is 30.0 Å². The minimum absolute atomic E-state index is 0. The van der Waals surface area contributed by atoms with Crippen LogP contribution in [0.3, 0.4) is 0 Å². The first-order valence-corrected chi connectivity index (χ1v) is 13.9. The molecule has 0 aliphatic heterocycles. The molecule has 2 aliphatic rings. The molecule has 0 amide bonds. The molecular weight excluding hydrogens is 563 g/mol. The SMILES string of the molecule is [Cl-].[Cl-].[Zr+2][C]1=c2ccccc2=c2ccc(=[SiH]C(c3ccccc3)c3ccccc3)c(C3=CC=CC3)c21. The second kappa shape index (κ2) is 11.3. The van der Waals surface area contributed by atoms with Crippen LogP contribution in [-0.2, 0) is 24.7 Å². The third-order valence-corrected chi connectivity index (χ3v) is 9.95. The molecule has 0 saturated carbocycles. The Morgan fingerprint density at radius 1 is 0.629 bits per heavy atom. The van der Waals surface area contributed by atoms with Gasteiger partial charge in [-0.15, -0.1) is 0 Å². The molecule has 4 aromatic rings. The summed E-state index contributed by atoms with van der Waals surface area (Å²) in [5.41, 5.74) is 7.72. The van der Waals surface area contributed by atoms with Gasteiger partial charge in [0.2, 0.25) is 0 Å². The van der Waals surface area contributed by atoms with Crippen LogP contribution in [0.2, 0.25) is 0 Å². The van der Waals surface area contributed by atoms with E-state index in [2.05, 4.69) is 115 Å². The van der Waals surface area contributed by atoms with Crippen LogP contribution >= 0.6 is 0 Å². The predicted octanol–water partition coefficient (Wildman–Crippen LogP) is -0.181. The average Bonchev–Trinajstić information content (AvgIpc) is 3.51. The van der Waals surface area contributed by atoms with Crippen molar-refractivity contribution in [2.24, 2.45) is 0 Å². The van der Waals surface area contributed by atoms with E-state index in [4.69, 9.17) is 0 Å². The molecule has 35 heavy (non-hydrogen) atoms. The Balaban J connectivity index is 0.00000144. The number of halogens is 2. The first-order valence-electron chi connectivity index (χ1n) is 11.5. The van der Waals surface area contributed by atoms with Gasteiger partial charge in [0.05, 0.1) is 0 Å². The third kappa shape index (κ3) is 4.83. The Kier molecular flexibility index (Phi) is 8.40. The molecule has 0 spiro atoms.